The van der Waals surface area contributed by atoms with Crippen molar-refractivity contribution >= 4 is 36.7 Å². The van der Waals surface area contributed by atoms with Crippen LogP contribution >= 0.6 is 11.3 Å². The minimum atomic E-state index is -3.24. The smallest absolute Gasteiger partial charge is 0.231 e. The van der Waals surface area contributed by atoms with Crippen LogP contribution in [-0.2, 0) is 16.4 Å². The number of nitrogens with one attached hydrogen (secondary N) is 1. The van der Waals surface area contributed by atoms with Gasteiger partial charge in [-0.2, -0.15) is 0 Å². The van der Waals surface area contributed by atoms with Crippen LogP contribution in [0, 0.1) is 0 Å². The van der Waals surface area contributed by atoms with Crippen molar-refractivity contribution in [3.63, 3.8) is 0 Å². The van der Waals surface area contributed by atoms with E-state index in [2.05, 4.69) is 16.6 Å². The average Bonchev–Trinajstić information content (AvgIpc) is 2.55. The van der Waals surface area contributed by atoms with Crippen molar-refractivity contribution in [2.45, 2.75) is 13.3 Å². The van der Waals surface area contributed by atoms with Gasteiger partial charge in [0.25, 0.3) is 0 Å². The molecule has 1 N–H and O–H groups in total. The number of nitrogens with zero attached hydrogens (tertiary/aromatic N) is 1. The molecule has 1 aromatic heterocycles. The summed E-state index contributed by atoms with van der Waals surface area (Å²) in [6.07, 6.45) is 2.08. The lowest BCUT2D eigenvalue weighted by atomic mass is 10.2. The molecule has 0 saturated heterocycles. The molecule has 6 heteroatoms. The molecule has 2 aromatic rings. The van der Waals surface area contributed by atoms with Gasteiger partial charge in [-0.25, -0.2) is 13.4 Å². The quantitative estimate of drug-likeness (QED) is 0.916. The zero-order chi connectivity index (χ0) is 11.8. The number of aryl methyl sites for hydroxylation is 1. The lowest BCUT2D eigenvalue weighted by molar-refractivity contribution is 0.607. The predicted molar refractivity (Wildman–Crippen MR) is 67.5 cm³/mol. The first-order valence-corrected chi connectivity index (χ1v) is 7.56. The zero-order valence-corrected chi connectivity index (χ0v) is 10.7. The van der Waals surface area contributed by atoms with Crippen molar-refractivity contribution in [2.75, 3.05) is 11.0 Å². The Bertz CT molecular complexity index is 617. The van der Waals surface area contributed by atoms with E-state index in [1.54, 1.807) is 0 Å². The molecule has 0 amide bonds. The number of benzene rings is 1. The maximum absolute atomic E-state index is 11.1. The molecule has 2 rings (SSSR count). The first kappa shape index (κ1) is 11.3. The Labute approximate surface area is 98.4 Å². The average molecular weight is 256 g/mol. The van der Waals surface area contributed by atoms with Crippen molar-refractivity contribution in [1.82, 2.24) is 4.98 Å². The SMILES string of the molecule is CCc1ccc2nc(NS(C)(=O)=O)sc2c1. The molecular weight excluding hydrogens is 244 g/mol. The highest BCUT2D eigenvalue weighted by molar-refractivity contribution is 7.92. The third-order valence-electron chi connectivity index (χ3n) is 2.13. The lowest BCUT2D eigenvalue weighted by Gasteiger charge is -1.95. The number of fused-ring (bicyclic) bond motifs is 1. The van der Waals surface area contributed by atoms with Crippen LogP contribution in [0.15, 0.2) is 18.2 Å². The normalized spacial score (nSPS) is 11.9. The number of sulfonamides is 1. The Balaban J connectivity index is 2.44. The number of anilines is 1. The number of aromatic nitrogens is 1. The summed E-state index contributed by atoms with van der Waals surface area (Å²) >= 11 is 1.35. The largest absolute Gasteiger partial charge is 0.259 e. The summed E-state index contributed by atoms with van der Waals surface area (Å²) in [7, 11) is -3.24. The Hall–Kier alpha value is -1.14. The summed E-state index contributed by atoms with van der Waals surface area (Å²) in [5.74, 6) is 0. The monoisotopic (exact) mass is 256 g/mol. The van der Waals surface area contributed by atoms with Gasteiger partial charge in [-0.05, 0) is 24.1 Å². The van der Waals surface area contributed by atoms with Gasteiger partial charge in [0.1, 0.15) is 0 Å². The van der Waals surface area contributed by atoms with Crippen molar-refractivity contribution in [2.24, 2.45) is 0 Å². The Kier molecular flexibility index (Phi) is 2.86. The van der Waals surface area contributed by atoms with E-state index in [9.17, 15) is 8.42 Å². The first-order chi connectivity index (χ1) is 7.48. The van der Waals surface area contributed by atoms with E-state index in [4.69, 9.17) is 0 Å². The minimum Gasteiger partial charge on any atom is -0.259 e. The van der Waals surface area contributed by atoms with Crippen LogP contribution in [0.1, 0.15) is 12.5 Å². The van der Waals surface area contributed by atoms with Crippen LogP contribution in [0.5, 0.6) is 0 Å². The molecule has 1 aromatic carbocycles. The van der Waals surface area contributed by atoms with E-state index in [1.165, 1.54) is 16.9 Å². The van der Waals surface area contributed by atoms with Crippen LogP contribution in [0.25, 0.3) is 10.2 Å². The molecule has 0 saturated carbocycles. The maximum Gasteiger partial charge on any atom is 0.231 e. The minimum absolute atomic E-state index is 0.422. The van der Waals surface area contributed by atoms with Crippen molar-refractivity contribution in [1.29, 1.82) is 0 Å². The molecule has 0 unspecified atom stereocenters. The Morgan fingerprint density at radius 3 is 2.81 bits per heavy atom. The second kappa shape index (κ2) is 4.03. The number of hydrogen-bond donors (Lipinski definition) is 1. The molecule has 0 aliphatic rings. The van der Waals surface area contributed by atoms with Crippen LogP contribution < -0.4 is 4.72 Å². The molecule has 0 spiro atoms. The van der Waals surface area contributed by atoms with Crippen molar-refractivity contribution in [3.8, 4) is 0 Å². The molecule has 0 aliphatic carbocycles. The number of rotatable bonds is 3. The highest BCUT2D eigenvalue weighted by Gasteiger charge is 2.08. The second-order valence-electron chi connectivity index (χ2n) is 3.55. The maximum atomic E-state index is 11.1. The van der Waals surface area contributed by atoms with Crippen molar-refractivity contribution < 1.29 is 8.42 Å². The van der Waals surface area contributed by atoms with Gasteiger partial charge in [-0.1, -0.05) is 24.3 Å². The molecule has 86 valence electrons. The number of hydrogen-bond acceptors (Lipinski definition) is 4. The van der Waals surface area contributed by atoms with Gasteiger partial charge >= 0.3 is 0 Å². The Morgan fingerprint density at radius 1 is 1.44 bits per heavy atom. The first-order valence-electron chi connectivity index (χ1n) is 4.85. The highest BCUT2D eigenvalue weighted by Crippen LogP contribution is 2.27. The van der Waals surface area contributed by atoms with Gasteiger partial charge in [-0.3, -0.25) is 4.72 Å². The standard InChI is InChI=1S/C10H12N2O2S2/c1-3-7-4-5-8-9(6-7)15-10(11-8)12-16(2,13)14/h4-6H,3H2,1-2H3,(H,11,12). The van der Waals surface area contributed by atoms with E-state index in [0.717, 1.165) is 22.9 Å². The van der Waals surface area contributed by atoms with Gasteiger partial charge in [0, 0.05) is 0 Å². The topological polar surface area (TPSA) is 59.1 Å². The third kappa shape index (κ3) is 2.51. The zero-order valence-electron chi connectivity index (χ0n) is 9.02. The lowest BCUT2D eigenvalue weighted by Crippen LogP contribution is -2.08. The van der Waals surface area contributed by atoms with Gasteiger partial charge in [0.15, 0.2) is 5.13 Å². The molecule has 0 atom stereocenters. The molecule has 0 bridgehead atoms. The molecule has 16 heavy (non-hydrogen) atoms. The van der Waals surface area contributed by atoms with E-state index in [-0.39, 0.29) is 0 Å². The summed E-state index contributed by atoms with van der Waals surface area (Å²) in [5, 5.41) is 0.422. The third-order valence-corrected chi connectivity index (χ3v) is 3.76. The van der Waals surface area contributed by atoms with Crippen LogP contribution in [-0.4, -0.2) is 19.7 Å². The molecule has 0 fully saturated rings. The van der Waals surface area contributed by atoms with Crippen LogP contribution in [0.2, 0.25) is 0 Å². The second-order valence-corrected chi connectivity index (χ2v) is 6.33. The summed E-state index contributed by atoms with van der Waals surface area (Å²) < 4.78 is 25.5. The molecule has 0 radical (unpaired) electrons. The van der Waals surface area contributed by atoms with E-state index >= 15 is 0 Å². The van der Waals surface area contributed by atoms with Gasteiger partial charge in [0.2, 0.25) is 10.0 Å². The molecule has 1 heterocycles. The van der Waals surface area contributed by atoms with Crippen molar-refractivity contribution in [3.05, 3.63) is 23.8 Å². The van der Waals surface area contributed by atoms with Crippen LogP contribution in [0.4, 0.5) is 5.13 Å². The Morgan fingerprint density at radius 2 is 2.19 bits per heavy atom. The fraction of sp³-hybridized carbons (Fsp3) is 0.300. The highest BCUT2D eigenvalue weighted by atomic mass is 32.2. The summed E-state index contributed by atoms with van der Waals surface area (Å²) in [5.41, 5.74) is 2.05. The van der Waals surface area contributed by atoms with Crippen LogP contribution in [0.3, 0.4) is 0 Å². The molecule has 0 aliphatic heterocycles. The van der Waals surface area contributed by atoms with Gasteiger partial charge < -0.3 is 0 Å². The van der Waals surface area contributed by atoms with E-state index in [0.29, 0.717) is 5.13 Å². The number of thiazole rings is 1. The van der Waals surface area contributed by atoms with E-state index < -0.39 is 10.0 Å². The fourth-order valence-electron chi connectivity index (χ4n) is 1.39. The molecule has 4 nitrogen and oxygen atoms in total. The summed E-state index contributed by atoms with van der Waals surface area (Å²) in [4.78, 5) is 4.20. The summed E-state index contributed by atoms with van der Waals surface area (Å²) in [6, 6.07) is 5.96. The van der Waals surface area contributed by atoms with E-state index in [1.807, 2.05) is 18.2 Å². The predicted octanol–water partition coefficient (Wildman–Crippen LogP) is 2.23. The molecular formula is C10H12N2O2S2. The summed E-state index contributed by atoms with van der Waals surface area (Å²) in [6.45, 7) is 2.08. The fourth-order valence-corrected chi connectivity index (χ4v) is 3.16. The van der Waals surface area contributed by atoms with Gasteiger partial charge in [-0.15, -0.1) is 0 Å². The van der Waals surface area contributed by atoms with Gasteiger partial charge in [0.05, 0.1) is 16.5 Å².